The molecule has 1 amide bonds. The number of nitrogens with zero attached hydrogens (tertiary/aromatic N) is 2. The van der Waals surface area contributed by atoms with E-state index < -0.39 is 0 Å². The summed E-state index contributed by atoms with van der Waals surface area (Å²) in [6.07, 6.45) is 0.202. The Labute approximate surface area is 99.0 Å². The minimum Gasteiger partial charge on any atom is -0.324 e. The molecule has 2 atom stereocenters. The molecule has 1 fully saturated rings. The largest absolute Gasteiger partial charge is 0.324 e. The van der Waals surface area contributed by atoms with Crippen LogP contribution in [0.2, 0.25) is 0 Å². The van der Waals surface area contributed by atoms with Gasteiger partial charge in [-0.2, -0.15) is 0 Å². The molecule has 0 aromatic rings. The lowest BCUT2D eigenvalue weighted by molar-refractivity contribution is -0.130. The van der Waals surface area contributed by atoms with Crippen LogP contribution in [0.25, 0.3) is 0 Å². The number of hydrogen-bond donors (Lipinski definition) is 1. The molecule has 1 heterocycles. The van der Waals surface area contributed by atoms with Gasteiger partial charge in [-0.1, -0.05) is 20.8 Å². The van der Waals surface area contributed by atoms with Crippen molar-refractivity contribution in [2.75, 3.05) is 26.7 Å². The second-order valence-corrected chi connectivity index (χ2v) is 5.00. The average Bonchev–Trinajstić information content (AvgIpc) is 2.53. The molecule has 0 saturated carbocycles. The van der Waals surface area contributed by atoms with Crippen molar-refractivity contribution in [1.29, 1.82) is 0 Å². The molecule has 4 heteroatoms. The predicted octanol–water partition coefficient (Wildman–Crippen LogP) is 0.740. The minimum absolute atomic E-state index is 0.0284. The summed E-state index contributed by atoms with van der Waals surface area (Å²) < 4.78 is 0. The summed E-state index contributed by atoms with van der Waals surface area (Å²) in [5.74, 6) is 0.698. The van der Waals surface area contributed by atoms with Gasteiger partial charge in [-0.25, -0.2) is 0 Å². The van der Waals surface area contributed by atoms with Gasteiger partial charge in [-0.15, -0.1) is 0 Å². The topological polar surface area (TPSA) is 35.6 Å². The van der Waals surface area contributed by atoms with Crippen LogP contribution in [0.3, 0.4) is 0 Å². The Hall–Kier alpha value is -0.610. The van der Waals surface area contributed by atoms with Crippen molar-refractivity contribution in [3.8, 4) is 0 Å². The maximum absolute atomic E-state index is 12.0. The number of amides is 1. The van der Waals surface area contributed by atoms with E-state index in [0.717, 1.165) is 19.6 Å². The van der Waals surface area contributed by atoms with Gasteiger partial charge in [0, 0.05) is 13.1 Å². The molecule has 94 valence electrons. The first-order chi connectivity index (χ1) is 7.47. The van der Waals surface area contributed by atoms with Crippen molar-refractivity contribution in [2.24, 2.45) is 5.92 Å². The first-order valence-electron chi connectivity index (χ1n) is 6.22. The highest BCUT2D eigenvalue weighted by Gasteiger charge is 2.37. The second kappa shape index (κ2) is 5.64. The van der Waals surface area contributed by atoms with E-state index in [-0.39, 0.29) is 18.1 Å². The van der Waals surface area contributed by atoms with Gasteiger partial charge in [0.05, 0.1) is 12.2 Å². The van der Waals surface area contributed by atoms with Crippen molar-refractivity contribution in [3.05, 3.63) is 0 Å². The van der Waals surface area contributed by atoms with E-state index in [2.05, 4.69) is 38.0 Å². The van der Waals surface area contributed by atoms with Crippen molar-refractivity contribution >= 4 is 5.91 Å². The Morgan fingerprint density at radius 1 is 1.50 bits per heavy atom. The van der Waals surface area contributed by atoms with Gasteiger partial charge in [-0.05, 0) is 26.4 Å². The molecule has 1 N–H and O–H groups in total. The third kappa shape index (κ3) is 2.95. The van der Waals surface area contributed by atoms with E-state index in [1.807, 2.05) is 11.8 Å². The zero-order valence-electron chi connectivity index (χ0n) is 11.2. The SMILES string of the molecule is CCN(C)CCN1C(=O)C(C)NC1C(C)C. The molecular weight excluding hydrogens is 202 g/mol. The van der Waals surface area contributed by atoms with Crippen LogP contribution in [0, 0.1) is 5.92 Å². The molecule has 1 saturated heterocycles. The van der Waals surface area contributed by atoms with Crippen molar-refractivity contribution in [1.82, 2.24) is 15.1 Å². The Bertz CT molecular complexity index is 242. The highest BCUT2D eigenvalue weighted by Crippen LogP contribution is 2.16. The third-order valence-corrected chi connectivity index (χ3v) is 3.30. The zero-order chi connectivity index (χ0) is 12.3. The van der Waals surface area contributed by atoms with E-state index in [9.17, 15) is 4.79 Å². The maximum Gasteiger partial charge on any atom is 0.240 e. The normalized spacial score (nSPS) is 26.2. The fraction of sp³-hybridized carbons (Fsp3) is 0.917. The number of carbonyl (C=O) groups excluding carboxylic acids is 1. The van der Waals surface area contributed by atoms with Crippen LogP contribution < -0.4 is 5.32 Å². The van der Waals surface area contributed by atoms with Crippen LogP contribution in [0.5, 0.6) is 0 Å². The van der Waals surface area contributed by atoms with Crippen molar-refractivity contribution < 1.29 is 4.79 Å². The fourth-order valence-electron chi connectivity index (χ4n) is 2.04. The van der Waals surface area contributed by atoms with Gasteiger partial charge in [0.15, 0.2) is 0 Å². The van der Waals surface area contributed by atoms with E-state index in [0.29, 0.717) is 5.92 Å². The molecule has 0 bridgehead atoms. The Kier molecular flexibility index (Phi) is 4.74. The van der Waals surface area contributed by atoms with Gasteiger partial charge < -0.3 is 9.80 Å². The van der Waals surface area contributed by atoms with E-state index >= 15 is 0 Å². The lowest BCUT2D eigenvalue weighted by Crippen LogP contribution is -2.44. The molecule has 1 aliphatic rings. The summed E-state index contributed by atoms with van der Waals surface area (Å²) in [5, 5.41) is 3.35. The molecule has 1 rings (SSSR count). The highest BCUT2D eigenvalue weighted by molar-refractivity contribution is 5.83. The molecule has 1 aliphatic heterocycles. The summed E-state index contributed by atoms with van der Waals surface area (Å²) in [4.78, 5) is 16.2. The summed E-state index contributed by atoms with van der Waals surface area (Å²) in [6, 6.07) is -0.0284. The van der Waals surface area contributed by atoms with Gasteiger partial charge in [-0.3, -0.25) is 10.1 Å². The number of nitrogens with one attached hydrogen (secondary N) is 1. The second-order valence-electron chi connectivity index (χ2n) is 5.00. The predicted molar refractivity (Wildman–Crippen MR) is 66.1 cm³/mol. The number of likely N-dealkylation sites (N-methyl/N-ethyl adjacent to an activating group) is 1. The standard InChI is InChI=1S/C12H25N3O/c1-6-14(5)7-8-15-11(9(2)3)13-10(4)12(15)16/h9-11,13H,6-8H2,1-5H3. The molecule has 0 spiro atoms. The lowest BCUT2D eigenvalue weighted by atomic mass is 10.1. The quantitative estimate of drug-likeness (QED) is 0.752. The molecule has 0 aromatic heterocycles. The fourth-order valence-corrected chi connectivity index (χ4v) is 2.04. The molecule has 0 aliphatic carbocycles. The average molecular weight is 227 g/mol. The van der Waals surface area contributed by atoms with Crippen molar-refractivity contribution in [2.45, 2.75) is 39.9 Å². The maximum atomic E-state index is 12.0. The van der Waals surface area contributed by atoms with Crippen LogP contribution in [0.15, 0.2) is 0 Å². The first kappa shape index (κ1) is 13.5. The summed E-state index contributed by atoms with van der Waals surface area (Å²) in [6.45, 7) is 11.2. The molecule has 0 aromatic carbocycles. The molecule has 2 unspecified atom stereocenters. The number of carbonyl (C=O) groups is 1. The van der Waals surface area contributed by atoms with Gasteiger partial charge in [0.1, 0.15) is 0 Å². The highest BCUT2D eigenvalue weighted by atomic mass is 16.2. The lowest BCUT2D eigenvalue weighted by Gasteiger charge is -2.28. The van der Waals surface area contributed by atoms with Crippen LogP contribution in [-0.2, 0) is 4.79 Å². The van der Waals surface area contributed by atoms with Crippen LogP contribution in [0.1, 0.15) is 27.7 Å². The van der Waals surface area contributed by atoms with E-state index in [4.69, 9.17) is 0 Å². The summed E-state index contributed by atoms with van der Waals surface area (Å²) >= 11 is 0. The van der Waals surface area contributed by atoms with Gasteiger partial charge >= 0.3 is 0 Å². The van der Waals surface area contributed by atoms with Crippen LogP contribution in [0.4, 0.5) is 0 Å². The minimum atomic E-state index is -0.0284. The number of hydrogen-bond acceptors (Lipinski definition) is 3. The smallest absolute Gasteiger partial charge is 0.240 e. The van der Waals surface area contributed by atoms with E-state index in [1.165, 1.54) is 0 Å². The molecular formula is C12H25N3O. The Morgan fingerprint density at radius 3 is 2.62 bits per heavy atom. The zero-order valence-corrected chi connectivity index (χ0v) is 11.2. The third-order valence-electron chi connectivity index (χ3n) is 3.30. The molecule has 0 radical (unpaired) electrons. The summed E-state index contributed by atoms with van der Waals surface area (Å²) in [5.41, 5.74) is 0. The number of rotatable bonds is 5. The van der Waals surface area contributed by atoms with Gasteiger partial charge in [0.25, 0.3) is 0 Å². The van der Waals surface area contributed by atoms with Crippen LogP contribution in [-0.4, -0.2) is 54.6 Å². The van der Waals surface area contributed by atoms with Crippen molar-refractivity contribution in [3.63, 3.8) is 0 Å². The van der Waals surface area contributed by atoms with Gasteiger partial charge in [0.2, 0.25) is 5.91 Å². The van der Waals surface area contributed by atoms with Crippen LogP contribution >= 0.6 is 0 Å². The Balaban J connectivity index is 2.57. The monoisotopic (exact) mass is 227 g/mol. The first-order valence-corrected chi connectivity index (χ1v) is 6.22. The molecule has 16 heavy (non-hydrogen) atoms. The summed E-state index contributed by atoms with van der Waals surface area (Å²) in [7, 11) is 2.09. The Morgan fingerprint density at radius 2 is 2.12 bits per heavy atom. The van der Waals surface area contributed by atoms with E-state index in [1.54, 1.807) is 0 Å². The molecule has 4 nitrogen and oxygen atoms in total.